The summed E-state index contributed by atoms with van der Waals surface area (Å²) in [5.74, 6) is -0.357. The van der Waals surface area contributed by atoms with Crippen LogP contribution < -0.4 is 10.6 Å². The van der Waals surface area contributed by atoms with Crippen molar-refractivity contribution < 1.29 is 9.59 Å². The maximum Gasteiger partial charge on any atom is 0.251 e. The molecule has 0 fully saturated rings. The highest BCUT2D eigenvalue weighted by atomic mass is 16.2. The number of carbonyl (C=O) groups is 2. The molecule has 104 valence electrons. The second kappa shape index (κ2) is 8.29. The number of nitrogens with one attached hydrogen (secondary N) is 2. The van der Waals surface area contributed by atoms with Gasteiger partial charge in [-0.3, -0.25) is 9.59 Å². The number of carbonyl (C=O) groups excluding carboxylic acids is 2. The van der Waals surface area contributed by atoms with Crippen LogP contribution in [0.25, 0.3) is 0 Å². The summed E-state index contributed by atoms with van der Waals surface area (Å²) in [5.41, 5.74) is 1.61. The Balaban J connectivity index is 2.28. The van der Waals surface area contributed by atoms with Crippen LogP contribution in [-0.2, 0) is 4.79 Å². The lowest BCUT2D eigenvalue weighted by Crippen LogP contribution is -2.37. The fourth-order valence-electron chi connectivity index (χ4n) is 1.71. The van der Waals surface area contributed by atoms with E-state index in [2.05, 4.69) is 17.6 Å². The number of hydrogen-bond acceptors (Lipinski definition) is 2. The largest absolute Gasteiger partial charge is 0.355 e. The van der Waals surface area contributed by atoms with Crippen molar-refractivity contribution in [3.63, 3.8) is 0 Å². The van der Waals surface area contributed by atoms with Gasteiger partial charge in [-0.25, -0.2) is 0 Å². The zero-order chi connectivity index (χ0) is 14.1. The first-order valence-electron chi connectivity index (χ1n) is 6.75. The minimum atomic E-state index is -0.215. The lowest BCUT2D eigenvalue weighted by atomic mass is 10.1. The van der Waals surface area contributed by atoms with E-state index in [0.29, 0.717) is 12.1 Å². The molecule has 0 bridgehead atoms. The number of unbranched alkanes of at least 4 members (excludes halogenated alkanes) is 2. The van der Waals surface area contributed by atoms with E-state index in [1.807, 2.05) is 19.1 Å². The van der Waals surface area contributed by atoms with Gasteiger partial charge in [0.05, 0.1) is 6.54 Å². The van der Waals surface area contributed by atoms with Gasteiger partial charge < -0.3 is 10.6 Å². The summed E-state index contributed by atoms with van der Waals surface area (Å²) < 4.78 is 0. The highest BCUT2D eigenvalue weighted by Gasteiger charge is 2.07. The minimum Gasteiger partial charge on any atom is -0.355 e. The predicted octanol–water partition coefficient (Wildman–Crippen LogP) is 2.03. The Morgan fingerprint density at radius 3 is 2.63 bits per heavy atom. The molecule has 0 saturated carbocycles. The Labute approximate surface area is 114 Å². The topological polar surface area (TPSA) is 58.2 Å². The van der Waals surface area contributed by atoms with Crippen molar-refractivity contribution in [3.05, 3.63) is 35.4 Å². The Bertz CT molecular complexity index is 430. The van der Waals surface area contributed by atoms with Crippen LogP contribution in [0, 0.1) is 6.92 Å². The summed E-state index contributed by atoms with van der Waals surface area (Å²) in [6, 6.07) is 7.29. The summed E-state index contributed by atoms with van der Waals surface area (Å²) >= 11 is 0. The molecule has 2 amide bonds. The minimum absolute atomic E-state index is 0.0267. The van der Waals surface area contributed by atoms with Gasteiger partial charge in [-0.05, 0) is 25.5 Å². The zero-order valence-corrected chi connectivity index (χ0v) is 11.7. The Hall–Kier alpha value is -1.84. The monoisotopic (exact) mass is 262 g/mol. The van der Waals surface area contributed by atoms with Crippen LogP contribution in [0.5, 0.6) is 0 Å². The van der Waals surface area contributed by atoms with Crippen LogP contribution in [0.4, 0.5) is 0 Å². The molecule has 1 aromatic carbocycles. The van der Waals surface area contributed by atoms with Crippen LogP contribution in [0.2, 0.25) is 0 Å². The molecule has 19 heavy (non-hydrogen) atoms. The summed E-state index contributed by atoms with van der Waals surface area (Å²) in [6.07, 6.45) is 3.21. The van der Waals surface area contributed by atoms with Gasteiger partial charge in [-0.15, -0.1) is 0 Å². The third-order valence-electron chi connectivity index (χ3n) is 2.79. The van der Waals surface area contributed by atoms with E-state index in [0.717, 1.165) is 24.8 Å². The SMILES string of the molecule is CCCCCNC(=O)CNC(=O)c1cccc(C)c1. The van der Waals surface area contributed by atoms with Crippen LogP contribution in [0.3, 0.4) is 0 Å². The van der Waals surface area contributed by atoms with Gasteiger partial charge in [0.2, 0.25) is 5.91 Å². The Kier molecular flexibility index (Phi) is 6.64. The standard InChI is InChI=1S/C15H22N2O2/c1-3-4-5-9-16-14(18)11-17-15(19)13-8-6-7-12(2)10-13/h6-8,10H,3-5,9,11H2,1-2H3,(H,16,18)(H,17,19). The molecule has 4 heteroatoms. The maximum absolute atomic E-state index is 11.8. The first-order chi connectivity index (χ1) is 9.13. The molecule has 0 saturated heterocycles. The molecule has 0 atom stereocenters. The van der Waals surface area contributed by atoms with Gasteiger partial charge in [0.15, 0.2) is 0 Å². The predicted molar refractivity (Wildman–Crippen MR) is 76.0 cm³/mol. The van der Waals surface area contributed by atoms with Crippen molar-refractivity contribution in [2.75, 3.05) is 13.1 Å². The van der Waals surface area contributed by atoms with Crippen LogP contribution in [-0.4, -0.2) is 24.9 Å². The van der Waals surface area contributed by atoms with E-state index in [4.69, 9.17) is 0 Å². The van der Waals surface area contributed by atoms with Crippen LogP contribution in [0.1, 0.15) is 42.1 Å². The molecule has 0 aromatic heterocycles. The van der Waals surface area contributed by atoms with E-state index >= 15 is 0 Å². The van der Waals surface area contributed by atoms with Crippen molar-refractivity contribution in [3.8, 4) is 0 Å². The molecule has 2 N–H and O–H groups in total. The fraction of sp³-hybridized carbons (Fsp3) is 0.467. The molecular weight excluding hydrogens is 240 g/mol. The molecule has 0 unspecified atom stereocenters. The van der Waals surface area contributed by atoms with Gasteiger partial charge in [-0.2, -0.15) is 0 Å². The Morgan fingerprint density at radius 2 is 1.95 bits per heavy atom. The van der Waals surface area contributed by atoms with Gasteiger partial charge >= 0.3 is 0 Å². The molecule has 0 radical (unpaired) electrons. The molecule has 0 aliphatic carbocycles. The molecule has 1 aromatic rings. The molecule has 0 spiro atoms. The van der Waals surface area contributed by atoms with Gasteiger partial charge in [-0.1, -0.05) is 37.5 Å². The van der Waals surface area contributed by atoms with Crippen molar-refractivity contribution in [1.29, 1.82) is 0 Å². The van der Waals surface area contributed by atoms with E-state index in [1.165, 1.54) is 0 Å². The van der Waals surface area contributed by atoms with Gasteiger partial charge in [0, 0.05) is 12.1 Å². The highest BCUT2D eigenvalue weighted by Crippen LogP contribution is 2.03. The highest BCUT2D eigenvalue weighted by molar-refractivity contribution is 5.96. The van der Waals surface area contributed by atoms with Crippen LogP contribution >= 0.6 is 0 Å². The lowest BCUT2D eigenvalue weighted by Gasteiger charge is -2.07. The van der Waals surface area contributed by atoms with E-state index in [9.17, 15) is 9.59 Å². The molecule has 0 aliphatic heterocycles. The normalized spacial score (nSPS) is 10.0. The second-order valence-electron chi connectivity index (χ2n) is 4.61. The lowest BCUT2D eigenvalue weighted by molar-refractivity contribution is -0.120. The third kappa shape index (κ3) is 6.04. The summed E-state index contributed by atoms with van der Waals surface area (Å²) in [4.78, 5) is 23.3. The third-order valence-corrected chi connectivity index (χ3v) is 2.79. The number of amides is 2. The van der Waals surface area contributed by atoms with Crippen LogP contribution in [0.15, 0.2) is 24.3 Å². The average Bonchev–Trinajstić information content (AvgIpc) is 2.41. The zero-order valence-electron chi connectivity index (χ0n) is 11.7. The molecule has 0 aliphatic rings. The Morgan fingerprint density at radius 1 is 1.16 bits per heavy atom. The van der Waals surface area contributed by atoms with Crippen molar-refractivity contribution in [2.45, 2.75) is 33.1 Å². The van der Waals surface area contributed by atoms with Gasteiger partial charge in [0.25, 0.3) is 5.91 Å². The molecule has 1 rings (SSSR count). The van der Waals surface area contributed by atoms with Crippen molar-refractivity contribution >= 4 is 11.8 Å². The van der Waals surface area contributed by atoms with Gasteiger partial charge in [0.1, 0.15) is 0 Å². The second-order valence-corrected chi connectivity index (χ2v) is 4.61. The smallest absolute Gasteiger partial charge is 0.251 e. The summed E-state index contributed by atoms with van der Waals surface area (Å²) in [5, 5.41) is 5.40. The molecular formula is C15H22N2O2. The van der Waals surface area contributed by atoms with E-state index in [-0.39, 0.29) is 18.4 Å². The summed E-state index contributed by atoms with van der Waals surface area (Å²) in [6.45, 7) is 4.74. The fourth-order valence-corrected chi connectivity index (χ4v) is 1.71. The number of benzene rings is 1. The molecule has 4 nitrogen and oxygen atoms in total. The van der Waals surface area contributed by atoms with E-state index in [1.54, 1.807) is 12.1 Å². The van der Waals surface area contributed by atoms with E-state index < -0.39 is 0 Å². The average molecular weight is 262 g/mol. The maximum atomic E-state index is 11.8. The first kappa shape index (κ1) is 15.2. The number of rotatable bonds is 7. The van der Waals surface area contributed by atoms with Crippen molar-refractivity contribution in [2.24, 2.45) is 0 Å². The number of aryl methyl sites for hydroxylation is 1. The first-order valence-corrected chi connectivity index (χ1v) is 6.75. The summed E-state index contributed by atoms with van der Waals surface area (Å²) in [7, 11) is 0. The quantitative estimate of drug-likeness (QED) is 0.739. The number of hydrogen-bond donors (Lipinski definition) is 2. The van der Waals surface area contributed by atoms with Crippen molar-refractivity contribution in [1.82, 2.24) is 10.6 Å². The molecule has 0 heterocycles.